The van der Waals surface area contributed by atoms with Crippen molar-refractivity contribution < 1.29 is 41.0 Å². The third-order valence-corrected chi connectivity index (χ3v) is 3.30. The molecule has 0 saturated heterocycles. The van der Waals surface area contributed by atoms with Gasteiger partial charge in [0.1, 0.15) is 6.61 Å². The van der Waals surface area contributed by atoms with E-state index in [1.54, 1.807) is 0 Å². The monoisotopic (exact) mass is 380 g/mol. The standard InChI is InChI=1S/C17H17F5O4/c1-4-13(26-14(23)10(2)3)16(18,19)15(24)25-9-11-5-7-12(8-6-11)17(20,21)22/h5-8,13H,2,4,9H2,1,3H3. The Morgan fingerprint density at radius 3 is 2.08 bits per heavy atom. The lowest BCUT2D eigenvalue weighted by molar-refractivity contribution is -0.198. The lowest BCUT2D eigenvalue weighted by Gasteiger charge is -2.24. The highest BCUT2D eigenvalue weighted by Crippen LogP contribution is 2.30. The minimum atomic E-state index is -4.54. The molecule has 0 heterocycles. The number of carbonyl (C=O) groups excluding carboxylic acids is 2. The van der Waals surface area contributed by atoms with Gasteiger partial charge < -0.3 is 9.47 Å². The van der Waals surface area contributed by atoms with E-state index in [9.17, 15) is 31.5 Å². The number of halogens is 5. The molecule has 0 bridgehead atoms. The largest absolute Gasteiger partial charge is 0.456 e. The zero-order valence-electron chi connectivity index (χ0n) is 14.0. The van der Waals surface area contributed by atoms with Crippen LogP contribution in [0.1, 0.15) is 31.4 Å². The number of carbonyl (C=O) groups is 2. The summed E-state index contributed by atoms with van der Waals surface area (Å²) < 4.78 is 74.5. The molecule has 0 spiro atoms. The summed E-state index contributed by atoms with van der Waals surface area (Å²) in [5.74, 6) is -7.14. The van der Waals surface area contributed by atoms with Gasteiger partial charge in [0, 0.05) is 5.57 Å². The molecule has 9 heteroatoms. The molecular formula is C17H17F5O4. The topological polar surface area (TPSA) is 52.6 Å². The molecule has 26 heavy (non-hydrogen) atoms. The second kappa shape index (κ2) is 8.29. The van der Waals surface area contributed by atoms with Crippen LogP contribution < -0.4 is 0 Å². The molecule has 4 nitrogen and oxygen atoms in total. The first-order chi connectivity index (χ1) is 11.9. The second-order valence-electron chi connectivity index (χ2n) is 5.48. The number of hydrogen-bond donors (Lipinski definition) is 0. The van der Waals surface area contributed by atoms with Crippen LogP contribution in [0.2, 0.25) is 0 Å². The zero-order valence-corrected chi connectivity index (χ0v) is 14.0. The zero-order chi connectivity index (χ0) is 20.1. The SMILES string of the molecule is C=C(C)C(=O)OC(CC)C(F)(F)C(=O)OCc1ccc(C(F)(F)F)cc1. The smallest absolute Gasteiger partial charge is 0.416 e. The predicted octanol–water partition coefficient (Wildman–Crippen LogP) is 4.28. The summed E-state index contributed by atoms with van der Waals surface area (Å²) in [7, 11) is 0. The van der Waals surface area contributed by atoms with Crippen LogP contribution in [0.15, 0.2) is 36.4 Å². The van der Waals surface area contributed by atoms with Crippen LogP contribution in [0, 0.1) is 0 Å². The van der Waals surface area contributed by atoms with E-state index in [1.807, 2.05) is 0 Å². The Morgan fingerprint density at radius 2 is 1.65 bits per heavy atom. The highest BCUT2D eigenvalue weighted by molar-refractivity contribution is 5.87. The third-order valence-electron chi connectivity index (χ3n) is 3.30. The highest BCUT2D eigenvalue weighted by atomic mass is 19.4. The number of hydrogen-bond acceptors (Lipinski definition) is 4. The fourth-order valence-corrected chi connectivity index (χ4v) is 1.81. The molecule has 0 saturated carbocycles. The molecule has 0 N–H and O–H groups in total. The Morgan fingerprint density at radius 1 is 1.12 bits per heavy atom. The van der Waals surface area contributed by atoms with Crippen molar-refractivity contribution in [3.05, 3.63) is 47.5 Å². The minimum absolute atomic E-state index is 0.0918. The fraction of sp³-hybridized carbons (Fsp3) is 0.412. The van der Waals surface area contributed by atoms with Gasteiger partial charge in [0.2, 0.25) is 0 Å². The van der Waals surface area contributed by atoms with Gasteiger partial charge in [0.05, 0.1) is 5.56 Å². The molecule has 0 amide bonds. The molecule has 0 aromatic heterocycles. The van der Waals surface area contributed by atoms with Gasteiger partial charge in [-0.15, -0.1) is 0 Å². The molecule has 0 fully saturated rings. The van der Waals surface area contributed by atoms with Gasteiger partial charge in [0.15, 0.2) is 6.10 Å². The van der Waals surface area contributed by atoms with Gasteiger partial charge in [-0.1, -0.05) is 25.6 Å². The Kier molecular flexibility index (Phi) is 6.88. The maximum absolute atomic E-state index is 14.1. The van der Waals surface area contributed by atoms with Gasteiger partial charge in [-0.3, -0.25) is 0 Å². The summed E-state index contributed by atoms with van der Waals surface area (Å²) in [5, 5.41) is 0. The first kappa shape index (κ1) is 21.6. The average molecular weight is 380 g/mol. The lowest BCUT2D eigenvalue weighted by Crippen LogP contribution is -2.45. The van der Waals surface area contributed by atoms with Crippen molar-refractivity contribution in [2.45, 2.75) is 45.1 Å². The summed E-state index contributed by atoms with van der Waals surface area (Å²) in [5.41, 5.74) is -0.942. The summed E-state index contributed by atoms with van der Waals surface area (Å²) in [4.78, 5) is 23.0. The van der Waals surface area contributed by atoms with Crippen molar-refractivity contribution in [1.29, 1.82) is 0 Å². The first-order valence-electron chi connectivity index (χ1n) is 7.47. The third kappa shape index (κ3) is 5.53. The van der Waals surface area contributed by atoms with E-state index < -0.39 is 42.3 Å². The lowest BCUT2D eigenvalue weighted by atomic mass is 10.1. The van der Waals surface area contributed by atoms with Crippen LogP contribution >= 0.6 is 0 Å². The highest BCUT2D eigenvalue weighted by Gasteiger charge is 2.50. The Labute approximate surface area is 146 Å². The van der Waals surface area contributed by atoms with Crippen LogP contribution in [0.4, 0.5) is 22.0 Å². The van der Waals surface area contributed by atoms with E-state index in [4.69, 9.17) is 0 Å². The van der Waals surface area contributed by atoms with E-state index in [1.165, 1.54) is 13.8 Å². The minimum Gasteiger partial charge on any atom is -0.456 e. The molecule has 1 unspecified atom stereocenters. The van der Waals surface area contributed by atoms with Crippen LogP contribution in [-0.4, -0.2) is 24.0 Å². The Bertz CT molecular complexity index is 665. The van der Waals surface area contributed by atoms with Gasteiger partial charge in [0.25, 0.3) is 0 Å². The number of esters is 2. The normalized spacial score (nSPS) is 13.0. The van der Waals surface area contributed by atoms with Crippen molar-refractivity contribution in [2.75, 3.05) is 0 Å². The fourth-order valence-electron chi connectivity index (χ4n) is 1.81. The molecule has 144 valence electrons. The van der Waals surface area contributed by atoms with E-state index in [-0.39, 0.29) is 17.6 Å². The van der Waals surface area contributed by atoms with Crippen molar-refractivity contribution in [2.24, 2.45) is 0 Å². The van der Waals surface area contributed by atoms with Crippen LogP contribution in [0.25, 0.3) is 0 Å². The summed E-state index contributed by atoms with van der Waals surface area (Å²) in [6, 6.07) is 3.49. The van der Waals surface area contributed by atoms with Crippen molar-refractivity contribution in [3.63, 3.8) is 0 Å². The molecule has 1 atom stereocenters. The number of ether oxygens (including phenoxy) is 2. The molecular weight excluding hydrogens is 363 g/mol. The molecule has 1 aromatic rings. The van der Waals surface area contributed by atoms with E-state index in [0.29, 0.717) is 0 Å². The Balaban J connectivity index is 2.75. The van der Waals surface area contributed by atoms with Crippen molar-refractivity contribution in [1.82, 2.24) is 0 Å². The molecule has 0 radical (unpaired) electrons. The summed E-state index contributed by atoms with van der Waals surface area (Å²) in [6.45, 7) is 5.14. The van der Waals surface area contributed by atoms with Gasteiger partial charge in [-0.2, -0.15) is 22.0 Å². The number of benzene rings is 1. The van der Waals surface area contributed by atoms with Crippen molar-refractivity contribution >= 4 is 11.9 Å². The average Bonchev–Trinajstić information content (AvgIpc) is 2.56. The quantitative estimate of drug-likeness (QED) is 0.403. The van der Waals surface area contributed by atoms with E-state index in [0.717, 1.165) is 24.3 Å². The Hall–Kier alpha value is -2.45. The van der Waals surface area contributed by atoms with Crippen LogP contribution in [0.5, 0.6) is 0 Å². The number of alkyl halides is 5. The van der Waals surface area contributed by atoms with E-state index >= 15 is 0 Å². The van der Waals surface area contributed by atoms with E-state index in [2.05, 4.69) is 16.1 Å². The molecule has 1 aromatic carbocycles. The van der Waals surface area contributed by atoms with Gasteiger partial charge in [-0.05, 0) is 31.0 Å². The van der Waals surface area contributed by atoms with Gasteiger partial charge >= 0.3 is 24.0 Å². The predicted molar refractivity (Wildman–Crippen MR) is 81.2 cm³/mol. The molecule has 0 aliphatic carbocycles. The molecule has 0 aliphatic rings. The van der Waals surface area contributed by atoms with Crippen LogP contribution in [0.3, 0.4) is 0 Å². The molecule has 0 aliphatic heterocycles. The van der Waals surface area contributed by atoms with Gasteiger partial charge in [-0.25, -0.2) is 9.59 Å². The second-order valence-corrected chi connectivity index (χ2v) is 5.48. The summed E-state index contributed by atoms with van der Waals surface area (Å²) >= 11 is 0. The maximum Gasteiger partial charge on any atom is 0.416 e. The number of rotatable bonds is 7. The summed E-state index contributed by atoms with van der Waals surface area (Å²) in [6.07, 6.45) is -6.95. The maximum atomic E-state index is 14.1. The van der Waals surface area contributed by atoms with Crippen LogP contribution in [-0.2, 0) is 31.8 Å². The molecule has 1 rings (SSSR count). The first-order valence-corrected chi connectivity index (χ1v) is 7.47. The van der Waals surface area contributed by atoms with Crippen molar-refractivity contribution in [3.8, 4) is 0 Å².